The van der Waals surface area contributed by atoms with Gasteiger partial charge in [0.05, 0.1) is 5.52 Å². The molecule has 10 aromatic rings. The van der Waals surface area contributed by atoms with Gasteiger partial charge in [-0.25, -0.2) is 4.98 Å². The van der Waals surface area contributed by atoms with Crippen molar-refractivity contribution in [1.82, 2.24) is 9.55 Å². The fourth-order valence-corrected chi connectivity index (χ4v) is 9.93. The van der Waals surface area contributed by atoms with Crippen molar-refractivity contribution < 1.29 is 25.8 Å². The van der Waals surface area contributed by atoms with Crippen LogP contribution in [0, 0.1) is 18.8 Å². The average molecular weight is 1020 g/mol. The van der Waals surface area contributed by atoms with E-state index in [-0.39, 0.29) is 31.9 Å². The molecule has 0 amide bonds. The molecule has 0 atom stereocenters. The molecule has 4 heterocycles. The van der Waals surface area contributed by atoms with E-state index in [2.05, 4.69) is 196 Å². The summed E-state index contributed by atoms with van der Waals surface area (Å²) < 4.78 is 11.4. The molecule has 0 spiro atoms. The number of thiophene rings is 1. The van der Waals surface area contributed by atoms with Gasteiger partial charge in [-0.05, 0) is 86.3 Å². The van der Waals surface area contributed by atoms with Crippen molar-refractivity contribution in [3.05, 3.63) is 188 Å². The van der Waals surface area contributed by atoms with E-state index >= 15 is 0 Å². The number of rotatable bonds is 6. The first-order chi connectivity index (χ1) is 30.0. The summed E-state index contributed by atoms with van der Waals surface area (Å²) in [4.78, 5) is 9.40. The van der Waals surface area contributed by atoms with Crippen LogP contribution in [0.1, 0.15) is 52.7 Å². The van der Waals surface area contributed by atoms with Crippen molar-refractivity contribution in [3.63, 3.8) is 0 Å². The Hall–Kier alpha value is -6.20. The summed E-state index contributed by atoms with van der Waals surface area (Å²) in [6.07, 6.45) is 1.85. The number of pyridine rings is 1. The van der Waals surface area contributed by atoms with Gasteiger partial charge in [0.2, 0.25) is 0 Å². The first kappa shape index (κ1) is 40.8. The van der Waals surface area contributed by atoms with Crippen LogP contribution in [0.5, 0.6) is 11.5 Å². The minimum absolute atomic E-state index is 0. The Morgan fingerprint density at radius 3 is 2.11 bits per heavy atom. The first-order valence-corrected chi connectivity index (χ1v) is 22.0. The summed E-state index contributed by atoms with van der Waals surface area (Å²) in [7, 11) is 0. The molecule has 0 saturated heterocycles. The van der Waals surface area contributed by atoms with Crippen LogP contribution in [0.3, 0.4) is 0 Å². The molecule has 0 aliphatic carbocycles. The Balaban J connectivity index is 0.00000471. The molecule has 314 valence electrons. The second kappa shape index (κ2) is 15.6. The van der Waals surface area contributed by atoms with Gasteiger partial charge in [0.25, 0.3) is 0 Å². The number of anilines is 4. The second-order valence-electron chi connectivity index (χ2n) is 18.2. The predicted octanol–water partition coefficient (Wildman–Crippen LogP) is 15.6. The first-order valence-electron chi connectivity index (χ1n) is 21.2. The second-order valence-corrected chi connectivity index (χ2v) is 19.3. The normalized spacial score (nSPS) is 13.0. The van der Waals surface area contributed by atoms with Crippen molar-refractivity contribution in [2.75, 3.05) is 9.80 Å². The van der Waals surface area contributed by atoms with Gasteiger partial charge in [0.1, 0.15) is 5.82 Å². The zero-order valence-electron chi connectivity index (χ0n) is 36.0. The van der Waals surface area contributed by atoms with E-state index in [1.807, 2.05) is 47.9 Å². The number of aromatic nitrogens is 2. The minimum Gasteiger partial charge on any atom is -0.509 e. The third-order valence-electron chi connectivity index (χ3n) is 12.0. The molecule has 7 heteroatoms. The van der Waals surface area contributed by atoms with E-state index < -0.39 is 0 Å². The number of fused-ring (bicyclic) bond motifs is 8. The third-order valence-corrected chi connectivity index (χ3v) is 13.2. The summed E-state index contributed by atoms with van der Waals surface area (Å²) in [6, 6.07) is 61.1. The zero-order valence-corrected chi connectivity index (χ0v) is 39.1. The molecule has 1 aliphatic heterocycles. The smallest absolute Gasteiger partial charge is 0.135 e. The SMILES string of the molecule is CC(C)(C)c1cc(N2[CH-]N(c3[c-]c(Oc4[c-]c5c(cc4)c4sc6ccc7ccccc7c6c4n5-c4ccccn4)ccc3)c3ccc(-c4ccccc4)cc32)cc(C(C)(C)C)c1.[Pt]. The topological polar surface area (TPSA) is 33.5 Å². The molecule has 0 unspecified atom stereocenters. The summed E-state index contributed by atoms with van der Waals surface area (Å²) >= 11 is 1.81. The Bertz CT molecular complexity index is 3310. The average Bonchev–Trinajstić information content (AvgIpc) is 3.95. The van der Waals surface area contributed by atoms with E-state index in [4.69, 9.17) is 9.72 Å². The number of nitrogens with zero attached hydrogens (tertiary/aromatic N) is 4. The molecule has 11 rings (SSSR count). The molecule has 0 radical (unpaired) electrons. The van der Waals surface area contributed by atoms with Crippen molar-refractivity contribution in [2.45, 2.75) is 52.4 Å². The molecule has 63 heavy (non-hydrogen) atoms. The van der Waals surface area contributed by atoms with E-state index in [0.29, 0.717) is 11.5 Å². The largest absolute Gasteiger partial charge is 0.509 e. The molecule has 0 bridgehead atoms. The summed E-state index contributed by atoms with van der Waals surface area (Å²) in [6.45, 7) is 15.9. The van der Waals surface area contributed by atoms with Crippen molar-refractivity contribution in [1.29, 1.82) is 0 Å². The fourth-order valence-electron chi connectivity index (χ4n) is 8.70. The Morgan fingerprint density at radius 1 is 0.603 bits per heavy atom. The van der Waals surface area contributed by atoms with E-state index in [9.17, 15) is 0 Å². The molecule has 3 aromatic heterocycles. The summed E-state index contributed by atoms with van der Waals surface area (Å²) in [5, 5.41) is 4.79. The van der Waals surface area contributed by atoms with Crippen molar-refractivity contribution >= 4 is 76.1 Å². The number of ether oxygens (including phenoxy) is 1. The number of hydrogen-bond acceptors (Lipinski definition) is 5. The molecule has 0 fully saturated rings. The molecule has 7 aromatic carbocycles. The summed E-state index contributed by atoms with van der Waals surface area (Å²) in [5.41, 5.74) is 11.1. The van der Waals surface area contributed by atoms with Crippen molar-refractivity contribution in [3.8, 4) is 28.4 Å². The molecule has 0 saturated carbocycles. The Morgan fingerprint density at radius 2 is 1.35 bits per heavy atom. The van der Waals surface area contributed by atoms with E-state index in [1.165, 1.54) is 42.2 Å². The molecule has 1 aliphatic rings. The maximum absolute atomic E-state index is 6.70. The predicted molar refractivity (Wildman–Crippen MR) is 260 cm³/mol. The number of benzene rings is 7. The summed E-state index contributed by atoms with van der Waals surface area (Å²) in [5.74, 6) is 2.05. The van der Waals surface area contributed by atoms with Crippen LogP contribution in [0.4, 0.5) is 22.7 Å². The van der Waals surface area contributed by atoms with E-state index in [1.54, 1.807) is 0 Å². The number of hydrogen-bond donors (Lipinski definition) is 0. The van der Waals surface area contributed by atoms with Crippen LogP contribution >= 0.6 is 11.3 Å². The van der Waals surface area contributed by atoms with Crippen LogP contribution in [-0.2, 0) is 31.9 Å². The molecular formula is C56H45N4OPtS-3. The van der Waals surface area contributed by atoms with E-state index in [0.717, 1.165) is 50.6 Å². The van der Waals surface area contributed by atoms with Crippen LogP contribution < -0.4 is 14.5 Å². The molecule has 0 N–H and O–H groups in total. The monoisotopic (exact) mass is 1020 g/mol. The maximum Gasteiger partial charge on any atom is 0.135 e. The Kier molecular flexibility index (Phi) is 10.1. The standard InChI is InChI=1S/C56H45N4OS.Pt/c1-55(2,3)39-30-40(56(4,5)6)32-42(31-39)59-35-58(47-26-22-38(29-49(47)59)36-15-8-7-9-16-36)41-18-14-19-43(33-41)61-44-24-25-46-48(34-44)60(51-21-12-13-28-57-51)53-52-45-20-11-10-17-37(45)23-27-50(52)62-54(46)53;/h7-32,35H,1-6H3;/q-3;. The van der Waals surface area contributed by atoms with Crippen LogP contribution in [-0.4, -0.2) is 9.55 Å². The van der Waals surface area contributed by atoms with Gasteiger partial charge >= 0.3 is 0 Å². The minimum atomic E-state index is -0.0271. The third kappa shape index (κ3) is 7.20. The van der Waals surface area contributed by atoms with Crippen molar-refractivity contribution in [2.24, 2.45) is 0 Å². The fraction of sp³-hybridized carbons (Fsp3) is 0.143. The molecule has 5 nitrogen and oxygen atoms in total. The van der Waals surface area contributed by atoms with Crippen LogP contribution in [0.15, 0.2) is 158 Å². The zero-order chi connectivity index (χ0) is 42.3. The van der Waals surface area contributed by atoms with Gasteiger partial charge in [-0.2, -0.15) is 12.1 Å². The van der Waals surface area contributed by atoms with Gasteiger partial charge in [0.15, 0.2) is 0 Å². The maximum atomic E-state index is 6.70. The van der Waals surface area contributed by atoms with Gasteiger partial charge in [-0.15, -0.1) is 54.0 Å². The van der Waals surface area contributed by atoms with Gasteiger partial charge < -0.3 is 19.1 Å². The van der Waals surface area contributed by atoms with Crippen LogP contribution in [0.25, 0.3) is 58.9 Å². The quantitative estimate of drug-likeness (QED) is 0.155. The van der Waals surface area contributed by atoms with Gasteiger partial charge in [-0.3, -0.25) is 0 Å². The van der Waals surface area contributed by atoms with Gasteiger partial charge in [0, 0.05) is 70.6 Å². The molecular weight excluding hydrogens is 972 g/mol. The van der Waals surface area contributed by atoms with Crippen LogP contribution in [0.2, 0.25) is 0 Å². The Labute approximate surface area is 387 Å². The van der Waals surface area contributed by atoms with Gasteiger partial charge in [-0.1, -0.05) is 131 Å².